The molecule has 11 nitrogen and oxygen atoms in total. The monoisotopic (exact) mass is 676 g/mol. The molecule has 0 aliphatic carbocycles. The second-order valence-electron chi connectivity index (χ2n) is 10.3. The van der Waals surface area contributed by atoms with Crippen LogP contribution in [-0.4, -0.2) is 71.7 Å². The largest absolute Gasteiger partial charge is 0.475 e. The van der Waals surface area contributed by atoms with E-state index in [0.29, 0.717) is 11.3 Å². The number of hydrogen-bond acceptors (Lipinski definition) is 11. The third kappa shape index (κ3) is 8.85. The third-order valence-corrected chi connectivity index (χ3v) is 9.17. The Morgan fingerprint density at radius 3 is 1.77 bits per heavy atom. The van der Waals surface area contributed by atoms with Crippen LogP contribution in [-0.2, 0) is 54.6 Å². The molecule has 2 unspecified atom stereocenters. The molecule has 0 bridgehead atoms. The van der Waals surface area contributed by atoms with E-state index in [0.717, 1.165) is 35.4 Å². The van der Waals surface area contributed by atoms with Gasteiger partial charge in [0.25, 0.3) is 17.5 Å². The molecule has 2 aliphatic heterocycles. The highest BCUT2D eigenvalue weighted by molar-refractivity contribution is 7.13. The highest BCUT2D eigenvalue weighted by Gasteiger charge is 2.38. The summed E-state index contributed by atoms with van der Waals surface area (Å²) < 4.78 is 9.52. The average Bonchev–Trinajstić information content (AvgIpc) is 3.85. The minimum Gasteiger partial charge on any atom is -0.475 e. The van der Waals surface area contributed by atoms with Crippen LogP contribution < -0.4 is 5.32 Å². The number of nitrogens with one attached hydrogen (secondary N) is 1. The number of methoxy groups -OCH3 is 2. The van der Waals surface area contributed by atoms with E-state index in [1.54, 1.807) is 29.0 Å². The van der Waals surface area contributed by atoms with E-state index in [1.807, 2.05) is 36.4 Å². The number of ketones is 2. The molecule has 6 rings (SSSR count). The van der Waals surface area contributed by atoms with Crippen molar-refractivity contribution in [2.75, 3.05) is 14.2 Å². The molecule has 13 heteroatoms. The van der Waals surface area contributed by atoms with Crippen LogP contribution in [0.3, 0.4) is 0 Å². The summed E-state index contributed by atoms with van der Waals surface area (Å²) in [6.45, 7) is 0.974. The molecule has 2 atom stereocenters. The quantitative estimate of drug-likeness (QED) is 0.174. The van der Waals surface area contributed by atoms with Gasteiger partial charge in [-0.15, -0.1) is 22.7 Å². The Kier molecular flexibility index (Phi) is 12.3. The highest BCUT2D eigenvalue weighted by Crippen LogP contribution is 2.25. The van der Waals surface area contributed by atoms with Gasteiger partial charge < -0.3 is 24.8 Å². The van der Waals surface area contributed by atoms with Crippen LogP contribution in [0.2, 0.25) is 0 Å². The molecule has 0 saturated carbocycles. The summed E-state index contributed by atoms with van der Waals surface area (Å²) in [5.74, 6) is -4.19. The number of benzene rings is 2. The fourth-order valence-corrected chi connectivity index (χ4v) is 6.31. The van der Waals surface area contributed by atoms with E-state index >= 15 is 0 Å². The smallest absolute Gasteiger partial charge is 0.378 e. The van der Waals surface area contributed by atoms with Crippen LogP contribution in [0, 0.1) is 0 Å². The molecular weight excluding hydrogens is 645 g/mol. The first kappa shape index (κ1) is 34.9. The fraction of sp³-hybridized carbons (Fsp3) is 0.235. The number of carboxylic acid groups (broad SMARTS) is 1. The summed E-state index contributed by atoms with van der Waals surface area (Å²) in [5, 5.41) is 14.8. The van der Waals surface area contributed by atoms with Gasteiger partial charge in [0.05, 0.1) is 24.0 Å². The van der Waals surface area contributed by atoms with Gasteiger partial charge in [-0.2, -0.15) is 0 Å². The van der Waals surface area contributed by atoms with E-state index in [1.165, 1.54) is 47.6 Å². The number of carbonyl (C=O) groups excluding carboxylic acids is 5. The zero-order chi connectivity index (χ0) is 33.9. The van der Waals surface area contributed by atoms with Gasteiger partial charge in [-0.25, -0.2) is 9.59 Å². The lowest BCUT2D eigenvalue weighted by Crippen LogP contribution is -2.51. The number of thiophene rings is 2. The van der Waals surface area contributed by atoms with Crippen molar-refractivity contribution in [1.29, 1.82) is 0 Å². The molecule has 4 aromatic rings. The molecule has 0 spiro atoms. The van der Waals surface area contributed by atoms with Gasteiger partial charge in [0.1, 0.15) is 12.1 Å². The standard InChI is InChI=1S/C17H15NO4S.C11H13NO2.C6H4O3S/c1-22-17(21)13-9-11-5-2-3-6-12(11)10-18(13)16(20)15(19)14-7-4-8-23-14;1-14-11(13)10-6-8-4-2-3-5-9(8)7-12-10;7-5(6(8)9)4-2-1-3-10-4/h2-8,13H,9-10H2,1H3;2-5,10,12H,6-7H2,1H3;1-3H,(H,8,9). The maximum Gasteiger partial charge on any atom is 0.378 e. The Morgan fingerprint density at radius 2 is 1.23 bits per heavy atom. The topological polar surface area (TPSA) is 156 Å². The molecule has 0 radical (unpaired) electrons. The molecule has 2 aliphatic rings. The lowest BCUT2D eigenvalue weighted by molar-refractivity contribution is -0.152. The first-order chi connectivity index (χ1) is 22.6. The molecule has 47 heavy (non-hydrogen) atoms. The normalized spacial score (nSPS) is 16.0. The molecular formula is C34H32N2O9S2. The van der Waals surface area contributed by atoms with Crippen LogP contribution in [0.5, 0.6) is 0 Å². The predicted octanol–water partition coefficient (Wildman–Crippen LogP) is 3.95. The Hall–Kier alpha value is -4.98. The number of esters is 2. The number of carbonyl (C=O) groups is 6. The van der Waals surface area contributed by atoms with E-state index in [2.05, 4.69) is 17.4 Å². The SMILES string of the molecule is COC(=O)C1Cc2ccccc2CN1.COC(=O)C1Cc2ccccc2CN1C(=O)C(=O)c1cccs1.O=C(O)C(=O)c1cccs1. The van der Waals surface area contributed by atoms with Gasteiger partial charge in [0.2, 0.25) is 0 Å². The summed E-state index contributed by atoms with van der Waals surface area (Å²) in [6.07, 6.45) is 1.08. The van der Waals surface area contributed by atoms with Crippen molar-refractivity contribution >= 4 is 58.1 Å². The molecule has 244 valence electrons. The molecule has 2 aromatic carbocycles. The Labute approximate surface area is 278 Å². The number of hydrogen-bond donors (Lipinski definition) is 2. The number of ether oxygens (including phenoxy) is 2. The van der Waals surface area contributed by atoms with Crippen molar-refractivity contribution in [3.63, 3.8) is 0 Å². The summed E-state index contributed by atoms with van der Waals surface area (Å²) in [4.78, 5) is 71.0. The molecule has 4 heterocycles. The van der Waals surface area contributed by atoms with Crippen molar-refractivity contribution in [3.8, 4) is 0 Å². The lowest BCUT2D eigenvalue weighted by atomic mass is 9.93. The first-order valence-electron chi connectivity index (χ1n) is 14.4. The van der Waals surface area contributed by atoms with E-state index < -0.39 is 35.5 Å². The maximum atomic E-state index is 12.6. The van der Waals surface area contributed by atoms with Crippen LogP contribution in [0.1, 0.15) is 41.6 Å². The molecule has 0 fully saturated rings. The number of nitrogens with zero attached hydrogens (tertiary/aromatic N) is 1. The van der Waals surface area contributed by atoms with Crippen molar-refractivity contribution in [2.45, 2.75) is 38.0 Å². The van der Waals surface area contributed by atoms with Gasteiger partial charge in [0.15, 0.2) is 0 Å². The molecule has 0 saturated heterocycles. The lowest BCUT2D eigenvalue weighted by Gasteiger charge is -2.34. The van der Waals surface area contributed by atoms with E-state index in [-0.39, 0.29) is 23.4 Å². The second-order valence-corrected chi connectivity index (χ2v) is 12.2. The minimum atomic E-state index is -1.40. The van der Waals surface area contributed by atoms with Crippen LogP contribution in [0.25, 0.3) is 0 Å². The van der Waals surface area contributed by atoms with Gasteiger partial charge in [-0.1, -0.05) is 60.7 Å². The zero-order valence-corrected chi connectivity index (χ0v) is 27.2. The zero-order valence-electron chi connectivity index (χ0n) is 25.5. The van der Waals surface area contributed by atoms with E-state index in [9.17, 15) is 28.8 Å². The number of rotatable bonds is 6. The highest BCUT2D eigenvalue weighted by atomic mass is 32.1. The van der Waals surface area contributed by atoms with Gasteiger partial charge in [-0.05, 0) is 51.6 Å². The van der Waals surface area contributed by atoms with Crippen molar-refractivity contribution in [1.82, 2.24) is 10.2 Å². The van der Waals surface area contributed by atoms with E-state index in [4.69, 9.17) is 14.6 Å². The van der Waals surface area contributed by atoms with Crippen LogP contribution in [0.4, 0.5) is 0 Å². The molecule has 2 aromatic heterocycles. The summed E-state index contributed by atoms with van der Waals surface area (Å²) in [7, 11) is 2.71. The number of amides is 1. The van der Waals surface area contributed by atoms with Crippen molar-refractivity contribution in [2.24, 2.45) is 0 Å². The maximum absolute atomic E-state index is 12.6. The number of aliphatic carboxylic acids is 1. The Bertz CT molecular complexity index is 1740. The molecule has 2 N–H and O–H groups in total. The summed E-state index contributed by atoms with van der Waals surface area (Å²) in [6, 6.07) is 21.2. The predicted molar refractivity (Wildman–Crippen MR) is 174 cm³/mol. The number of Topliss-reactive ketones (excluding diaryl/α,β-unsaturated/α-hetero) is 2. The van der Waals surface area contributed by atoms with Crippen LogP contribution >= 0.6 is 22.7 Å². The first-order valence-corrected chi connectivity index (χ1v) is 16.1. The number of fused-ring (bicyclic) bond motifs is 2. The molecule has 1 amide bonds. The van der Waals surface area contributed by atoms with Crippen molar-refractivity contribution < 1.29 is 43.3 Å². The number of carboxylic acids is 1. The minimum absolute atomic E-state index is 0.181. The van der Waals surface area contributed by atoms with Crippen molar-refractivity contribution in [3.05, 3.63) is 116 Å². The third-order valence-electron chi connectivity index (χ3n) is 7.43. The Morgan fingerprint density at radius 1 is 0.702 bits per heavy atom. The van der Waals surface area contributed by atoms with Gasteiger partial charge in [-0.3, -0.25) is 19.2 Å². The second kappa shape index (κ2) is 16.5. The Balaban J connectivity index is 0.000000177. The average molecular weight is 677 g/mol. The van der Waals surface area contributed by atoms with Gasteiger partial charge >= 0.3 is 17.9 Å². The fourth-order valence-electron chi connectivity index (χ4n) is 5.00. The summed E-state index contributed by atoms with van der Waals surface area (Å²) >= 11 is 2.34. The van der Waals surface area contributed by atoms with Gasteiger partial charge in [0, 0.05) is 19.5 Å². The van der Waals surface area contributed by atoms with Crippen LogP contribution in [0.15, 0.2) is 83.6 Å². The summed E-state index contributed by atoms with van der Waals surface area (Å²) in [5.41, 5.74) is 4.45.